The van der Waals surface area contributed by atoms with Gasteiger partial charge in [-0.15, -0.1) is 0 Å². The second-order valence-electron chi connectivity index (χ2n) is 12.9. The number of fused-ring (bicyclic) bond motifs is 9. The summed E-state index contributed by atoms with van der Waals surface area (Å²) in [5.41, 5.74) is 10.4. The minimum absolute atomic E-state index is 0.0452. The first kappa shape index (κ1) is 24.3. The van der Waals surface area contributed by atoms with Crippen LogP contribution in [0.2, 0.25) is 0 Å². The van der Waals surface area contributed by atoms with Crippen LogP contribution < -0.4 is 0 Å². The molecular weight excluding hydrogens is 621 g/mol. The van der Waals surface area contributed by atoms with Gasteiger partial charge >= 0.3 is 0 Å². The Morgan fingerprint density at radius 1 is 0.412 bits per heavy atom. The molecule has 238 valence electrons. The van der Waals surface area contributed by atoms with E-state index >= 15 is 0 Å². The average Bonchev–Trinajstić information content (AvgIpc) is 3.88. The number of benzene rings is 7. The Bertz CT molecular complexity index is 3340. The van der Waals surface area contributed by atoms with Crippen molar-refractivity contribution in [1.82, 2.24) is 18.7 Å². The lowest BCUT2D eigenvalue weighted by atomic mass is 10.0. The summed E-state index contributed by atoms with van der Waals surface area (Å²) in [5, 5.41) is 5.69. The lowest BCUT2D eigenvalue weighted by Gasteiger charge is -2.15. The van der Waals surface area contributed by atoms with Crippen LogP contribution in [0.15, 0.2) is 182 Å². The molecular formula is C47H30N4. The summed E-state index contributed by atoms with van der Waals surface area (Å²) in [6, 6.07) is 51.8. The summed E-state index contributed by atoms with van der Waals surface area (Å²) in [5.74, 6) is 0. The molecule has 0 unspecified atom stereocenters. The Hall–Kier alpha value is -6.91. The summed E-state index contributed by atoms with van der Waals surface area (Å²) >= 11 is 0. The van der Waals surface area contributed by atoms with E-state index in [9.17, 15) is 0 Å². The molecule has 51 heavy (non-hydrogen) atoms. The Labute approximate surface area is 299 Å². The van der Waals surface area contributed by atoms with Gasteiger partial charge in [-0.3, -0.25) is 4.57 Å². The Morgan fingerprint density at radius 3 is 1.71 bits per heavy atom. The highest BCUT2D eigenvalue weighted by Crippen LogP contribution is 2.39. The molecule has 11 rings (SSSR count). The number of hydrogen-bond donors (Lipinski definition) is 0. The van der Waals surface area contributed by atoms with Crippen molar-refractivity contribution in [3.8, 4) is 28.2 Å². The third-order valence-electron chi connectivity index (χ3n) is 10.2. The van der Waals surface area contributed by atoms with Gasteiger partial charge in [0.25, 0.3) is 0 Å². The number of nitrogens with zero attached hydrogens (tertiary/aromatic N) is 4. The predicted molar refractivity (Wildman–Crippen MR) is 213 cm³/mol. The van der Waals surface area contributed by atoms with Crippen LogP contribution in [0.1, 0.15) is 5.48 Å². The minimum Gasteiger partial charge on any atom is -0.309 e. The monoisotopic (exact) mass is 654 g/mol. The van der Waals surface area contributed by atoms with Crippen LogP contribution in [0.4, 0.5) is 0 Å². The van der Waals surface area contributed by atoms with Crippen molar-refractivity contribution < 1.29 is 5.48 Å². The number of aromatic nitrogens is 4. The molecule has 0 amide bonds. The zero-order valence-electron chi connectivity index (χ0n) is 31.3. The van der Waals surface area contributed by atoms with Gasteiger partial charge in [-0.05, 0) is 60.1 Å². The van der Waals surface area contributed by atoms with Gasteiger partial charge in [0, 0.05) is 43.6 Å². The lowest BCUT2D eigenvalue weighted by molar-refractivity contribution is 1.11. The van der Waals surface area contributed by atoms with E-state index in [1.807, 2.05) is 47.2 Å². The molecule has 0 radical (unpaired) electrons. The number of para-hydroxylation sites is 6. The molecule has 0 saturated carbocycles. The highest BCUT2D eigenvalue weighted by Gasteiger charge is 2.19. The van der Waals surface area contributed by atoms with E-state index < -0.39 is 0 Å². The van der Waals surface area contributed by atoms with Gasteiger partial charge in [0.1, 0.15) is 5.65 Å². The van der Waals surface area contributed by atoms with Crippen LogP contribution in [0.5, 0.6) is 0 Å². The Balaban J connectivity index is 1.12. The van der Waals surface area contributed by atoms with E-state index in [1.54, 1.807) is 0 Å². The molecule has 0 aliphatic carbocycles. The molecule has 11 aromatic rings. The minimum atomic E-state index is -0.258. The van der Waals surface area contributed by atoms with Crippen molar-refractivity contribution in [2.24, 2.45) is 0 Å². The Morgan fingerprint density at radius 2 is 0.980 bits per heavy atom. The summed E-state index contributed by atoms with van der Waals surface area (Å²) < 4.78 is 41.2. The average molecular weight is 655 g/mol. The summed E-state index contributed by atoms with van der Waals surface area (Å²) in [6.07, 6.45) is 1.81. The normalized spacial score (nSPS) is 13.0. The van der Waals surface area contributed by atoms with Crippen LogP contribution in [-0.4, -0.2) is 18.7 Å². The molecule has 0 N–H and O–H groups in total. The first-order valence-electron chi connectivity index (χ1n) is 19.1. The summed E-state index contributed by atoms with van der Waals surface area (Å²) in [6.45, 7) is 0. The van der Waals surface area contributed by atoms with E-state index in [1.165, 1.54) is 10.8 Å². The molecule has 4 heteroatoms. The van der Waals surface area contributed by atoms with Crippen molar-refractivity contribution in [2.45, 2.75) is 0 Å². The summed E-state index contributed by atoms with van der Waals surface area (Å²) in [7, 11) is 0. The molecule has 0 spiro atoms. The van der Waals surface area contributed by atoms with E-state index in [2.05, 4.69) is 124 Å². The SMILES string of the molecule is [2H]c1c([2H])c([2H])c2c(c1[2H])c1ccccc1n2-c1cnc2c(c1)c1ccccc1n2-c1cccc(-c2ccccc2-n2c3ccccc3c3ccccc32)c1. The topological polar surface area (TPSA) is 27.7 Å². The van der Waals surface area contributed by atoms with E-state index in [0.717, 1.165) is 72.1 Å². The lowest BCUT2D eigenvalue weighted by Crippen LogP contribution is -1.99. The quantitative estimate of drug-likeness (QED) is 0.186. The molecule has 0 aliphatic heterocycles. The number of hydrogen-bond acceptors (Lipinski definition) is 1. The first-order chi connectivity index (χ1) is 27.0. The van der Waals surface area contributed by atoms with Gasteiger partial charge in [-0.1, -0.05) is 121 Å². The third-order valence-corrected chi connectivity index (χ3v) is 10.2. The van der Waals surface area contributed by atoms with E-state index in [0.29, 0.717) is 10.9 Å². The third kappa shape index (κ3) is 4.05. The molecule has 0 atom stereocenters. The molecule has 4 aromatic heterocycles. The van der Waals surface area contributed by atoms with Gasteiger partial charge in [-0.2, -0.15) is 0 Å². The Kier molecular flexibility index (Phi) is 5.14. The van der Waals surface area contributed by atoms with Crippen molar-refractivity contribution in [3.05, 3.63) is 182 Å². The van der Waals surface area contributed by atoms with Crippen molar-refractivity contribution >= 4 is 65.5 Å². The van der Waals surface area contributed by atoms with Crippen LogP contribution in [0, 0.1) is 0 Å². The second-order valence-corrected chi connectivity index (χ2v) is 12.9. The maximum absolute atomic E-state index is 8.95. The molecule has 0 fully saturated rings. The van der Waals surface area contributed by atoms with Crippen molar-refractivity contribution in [3.63, 3.8) is 0 Å². The first-order valence-corrected chi connectivity index (χ1v) is 17.1. The molecule has 0 bridgehead atoms. The highest BCUT2D eigenvalue weighted by molar-refractivity contribution is 6.12. The van der Waals surface area contributed by atoms with E-state index in [-0.39, 0.29) is 24.2 Å². The van der Waals surface area contributed by atoms with Crippen LogP contribution in [0.3, 0.4) is 0 Å². The molecule has 7 aromatic carbocycles. The van der Waals surface area contributed by atoms with Crippen molar-refractivity contribution in [2.75, 3.05) is 0 Å². The second kappa shape index (κ2) is 10.8. The van der Waals surface area contributed by atoms with Gasteiger partial charge < -0.3 is 9.13 Å². The van der Waals surface area contributed by atoms with E-state index in [4.69, 9.17) is 10.5 Å². The van der Waals surface area contributed by atoms with Crippen LogP contribution in [0.25, 0.3) is 93.7 Å². The highest BCUT2D eigenvalue weighted by atomic mass is 15.1. The van der Waals surface area contributed by atoms with Gasteiger partial charge in [0.05, 0.1) is 50.6 Å². The fraction of sp³-hybridized carbons (Fsp3) is 0. The van der Waals surface area contributed by atoms with Crippen LogP contribution in [-0.2, 0) is 0 Å². The van der Waals surface area contributed by atoms with Gasteiger partial charge in [-0.25, -0.2) is 4.98 Å². The largest absolute Gasteiger partial charge is 0.309 e. The molecule has 4 heterocycles. The zero-order valence-corrected chi connectivity index (χ0v) is 27.3. The maximum atomic E-state index is 8.95. The molecule has 0 saturated heterocycles. The molecule has 4 nitrogen and oxygen atoms in total. The zero-order chi connectivity index (χ0) is 36.9. The number of rotatable bonds is 4. The van der Waals surface area contributed by atoms with Crippen LogP contribution >= 0.6 is 0 Å². The smallest absolute Gasteiger partial charge is 0.145 e. The summed E-state index contributed by atoms with van der Waals surface area (Å²) in [4.78, 5) is 5.13. The predicted octanol–water partition coefficient (Wildman–Crippen LogP) is 12.0. The molecule has 0 aliphatic rings. The standard InChI is InChI=1S/C47H30N4/c1-7-22-41(51-45-26-11-4-19-37(45)38-20-5-12-27-46(38)51)34(16-1)31-14-13-15-32(28-31)50-44-25-10-6-21-39(44)40-29-33(30-48-47(40)50)49-42-23-8-2-17-35(42)36-18-3-9-24-43(36)49/h1-30H/i2D,8D,17D,23D. The van der Waals surface area contributed by atoms with Gasteiger partial charge in [0.15, 0.2) is 0 Å². The van der Waals surface area contributed by atoms with Gasteiger partial charge in [0.2, 0.25) is 0 Å². The van der Waals surface area contributed by atoms with Crippen molar-refractivity contribution in [1.29, 1.82) is 0 Å². The fourth-order valence-corrected chi connectivity index (χ4v) is 8.06. The fourth-order valence-electron chi connectivity index (χ4n) is 8.06. The number of pyridine rings is 1. The maximum Gasteiger partial charge on any atom is 0.145 e.